The van der Waals surface area contributed by atoms with Crippen molar-refractivity contribution in [3.8, 4) is 5.75 Å². The van der Waals surface area contributed by atoms with Crippen molar-refractivity contribution in [2.45, 2.75) is 30.7 Å². The highest BCUT2D eigenvalue weighted by Gasteiger charge is 2.34. The number of nitrogens with one attached hydrogen (secondary N) is 1. The predicted molar refractivity (Wildman–Crippen MR) is 123 cm³/mol. The summed E-state index contributed by atoms with van der Waals surface area (Å²) in [5.41, 5.74) is 2.36. The molecule has 1 amide bonds. The lowest BCUT2D eigenvalue weighted by atomic mass is 10.0. The van der Waals surface area contributed by atoms with Crippen LogP contribution in [0, 0.1) is 12.8 Å². The summed E-state index contributed by atoms with van der Waals surface area (Å²) in [6, 6.07) is 14.9. The van der Waals surface area contributed by atoms with Gasteiger partial charge in [-0.15, -0.1) is 0 Å². The molecule has 1 saturated heterocycles. The van der Waals surface area contributed by atoms with E-state index in [-0.39, 0.29) is 23.4 Å². The Labute approximate surface area is 190 Å². The minimum absolute atomic E-state index is 0.00561. The second-order valence-corrected chi connectivity index (χ2v) is 10.6. The van der Waals surface area contributed by atoms with Gasteiger partial charge in [0.1, 0.15) is 5.75 Å². The second kappa shape index (κ2) is 9.60. The van der Waals surface area contributed by atoms with Gasteiger partial charge in [0, 0.05) is 26.2 Å². The molecule has 0 bridgehead atoms. The van der Waals surface area contributed by atoms with Gasteiger partial charge in [0.25, 0.3) is 0 Å². The van der Waals surface area contributed by atoms with Crippen LogP contribution < -0.4 is 10.1 Å². The lowest BCUT2D eigenvalue weighted by Crippen LogP contribution is -2.51. The van der Waals surface area contributed by atoms with Crippen molar-refractivity contribution >= 4 is 15.9 Å². The van der Waals surface area contributed by atoms with Crippen molar-refractivity contribution in [2.75, 3.05) is 39.8 Å². The molecule has 1 atom stereocenters. The molecule has 4 rings (SSSR count). The highest BCUT2D eigenvalue weighted by molar-refractivity contribution is 7.89. The SMILES string of the molecule is COc1ccc(S(=O)(=O)N2CCN(CC(=O)NC(c3ccc(C)cc3)C3CC3)CC2)cc1. The molecule has 0 spiro atoms. The second-order valence-electron chi connectivity index (χ2n) is 8.65. The molecule has 1 N–H and O–H groups in total. The molecule has 32 heavy (non-hydrogen) atoms. The monoisotopic (exact) mass is 457 g/mol. The molecule has 2 aromatic carbocycles. The lowest BCUT2D eigenvalue weighted by Gasteiger charge is -2.34. The minimum atomic E-state index is -3.55. The topological polar surface area (TPSA) is 79.0 Å². The average Bonchev–Trinajstić information content (AvgIpc) is 3.64. The Bertz CT molecular complexity index is 1030. The molecule has 2 aliphatic rings. The van der Waals surface area contributed by atoms with E-state index < -0.39 is 10.0 Å². The maximum Gasteiger partial charge on any atom is 0.243 e. The van der Waals surface area contributed by atoms with Gasteiger partial charge in [0.15, 0.2) is 0 Å². The van der Waals surface area contributed by atoms with Gasteiger partial charge in [0.05, 0.1) is 24.6 Å². The van der Waals surface area contributed by atoms with Crippen molar-refractivity contribution in [2.24, 2.45) is 5.92 Å². The Kier molecular flexibility index (Phi) is 6.83. The van der Waals surface area contributed by atoms with Gasteiger partial charge in [0.2, 0.25) is 15.9 Å². The van der Waals surface area contributed by atoms with E-state index in [0.717, 1.165) is 18.4 Å². The fourth-order valence-electron chi connectivity index (χ4n) is 4.12. The Morgan fingerprint density at radius 3 is 2.22 bits per heavy atom. The van der Waals surface area contributed by atoms with Gasteiger partial charge in [-0.1, -0.05) is 29.8 Å². The normalized spacial score (nSPS) is 18.8. The summed E-state index contributed by atoms with van der Waals surface area (Å²) in [4.78, 5) is 15.0. The summed E-state index contributed by atoms with van der Waals surface area (Å²) in [7, 11) is -2.00. The zero-order chi connectivity index (χ0) is 22.7. The Balaban J connectivity index is 1.31. The number of nitrogens with zero attached hydrogens (tertiary/aromatic N) is 2. The molecule has 1 heterocycles. The molecule has 1 unspecified atom stereocenters. The van der Waals surface area contributed by atoms with Crippen LogP contribution in [0.25, 0.3) is 0 Å². The number of methoxy groups -OCH3 is 1. The van der Waals surface area contributed by atoms with E-state index in [0.29, 0.717) is 37.8 Å². The number of ether oxygens (including phenoxy) is 1. The van der Waals surface area contributed by atoms with Crippen LogP contribution in [0.3, 0.4) is 0 Å². The van der Waals surface area contributed by atoms with E-state index in [4.69, 9.17) is 4.74 Å². The predicted octanol–water partition coefficient (Wildman–Crippen LogP) is 2.58. The lowest BCUT2D eigenvalue weighted by molar-refractivity contribution is -0.123. The molecule has 2 fully saturated rings. The molecule has 1 saturated carbocycles. The number of carbonyl (C=O) groups excluding carboxylic acids is 1. The Morgan fingerprint density at radius 2 is 1.66 bits per heavy atom. The van der Waals surface area contributed by atoms with E-state index in [1.807, 2.05) is 4.90 Å². The average molecular weight is 458 g/mol. The van der Waals surface area contributed by atoms with E-state index in [9.17, 15) is 13.2 Å². The van der Waals surface area contributed by atoms with E-state index in [1.54, 1.807) is 31.4 Å². The van der Waals surface area contributed by atoms with E-state index >= 15 is 0 Å². The molecule has 7 nitrogen and oxygen atoms in total. The first-order valence-corrected chi connectivity index (χ1v) is 12.5. The van der Waals surface area contributed by atoms with Crippen LogP contribution in [0.4, 0.5) is 0 Å². The number of carbonyl (C=O) groups is 1. The molecule has 1 aliphatic heterocycles. The fourth-order valence-corrected chi connectivity index (χ4v) is 5.55. The summed E-state index contributed by atoms with van der Waals surface area (Å²) in [6.07, 6.45) is 2.28. The van der Waals surface area contributed by atoms with Crippen LogP contribution in [0.5, 0.6) is 5.75 Å². The first-order chi connectivity index (χ1) is 15.4. The molecule has 0 aromatic heterocycles. The Morgan fingerprint density at radius 1 is 1.03 bits per heavy atom. The van der Waals surface area contributed by atoms with Gasteiger partial charge in [-0.3, -0.25) is 9.69 Å². The summed E-state index contributed by atoms with van der Waals surface area (Å²) in [5, 5.41) is 3.22. The fraction of sp³-hybridized carbons (Fsp3) is 0.458. The summed E-state index contributed by atoms with van der Waals surface area (Å²) in [6.45, 7) is 4.13. The van der Waals surface area contributed by atoms with Gasteiger partial charge in [-0.25, -0.2) is 8.42 Å². The zero-order valence-electron chi connectivity index (χ0n) is 18.7. The van der Waals surface area contributed by atoms with Crippen LogP contribution in [-0.2, 0) is 14.8 Å². The standard InChI is InChI=1S/C24H31N3O4S/c1-18-3-5-19(6-4-18)24(20-7-8-20)25-23(28)17-26-13-15-27(16-14-26)32(29,30)22-11-9-21(31-2)10-12-22/h3-6,9-12,20,24H,7-8,13-17H2,1-2H3,(H,25,28). The molecular formula is C24H31N3O4S. The van der Waals surface area contributed by atoms with Crippen LogP contribution in [0.15, 0.2) is 53.4 Å². The highest BCUT2D eigenvalue weighted by Crippen LogP contribution is 2.41. The summed E-state index contributed by atoms with van der Waals surface area (Å²) < 4.78 is 32.4. The van der Waals surface area contributed by atoms with Crippen molar-refractivity contribution in [3.05, 3.63) is 59.7 Å². The quantitative estimate of drug-likeness (QED) is 0.659. The number of aryl methyl sites for hydroxylation is 1. The molecular weight excluding hydrogens is 426 g/mol. The molecule has 8 heteroatoms. The number of hydrogen-bond acceptors (Lipinski definition) is 5. The number of benzene rings is 2. The van der Waals surface area contributed by atoms with Gasteiger partial charge >= 0.3 is 0 Å². The zero-order valence-corrected chi connectivity index (χ0v) is 19.5. The third-order valence-electron chi connectivity index (χ3n) is 6.24. The maximum absolute atomic E-state index is 12.9. The van der Waals surface area contributed by atoms with Crippen LogP contribution >= 0.6 is 0 Å². The maximum atomic E-state index is 12.9. The summed E-state index contributed by atoms with van der Waals surface area (Å²) >= 11 is 0. The number of sulfonamides is 1. The number of piperazine rings is 1. The molecule has 1 aliphatic carbocycles. The third-order valence-corrected chi connectivity index (χ3v) is 8.15. The smallest absolute Gasteiger partial charge is 0.243 e. The minimum Gasteiger partial charge on any atom is -0.497 e. The first-order valence-electron chi connectivity index (χ1n) is 11.1. The van der Waals surface area contributed by atoms with Crippen LogP contribution in [-0.4, -0.2) is 63.4 Å². The van der Waals surface area contributed by atoms with Crippen LogP contribution in [0.2, 0.25) is 0 Å². The van der Waals surface area contributed by atoms with Crippen molar-refractivity contribution in [1.29, 1.82) is 0 Å². The third kappa shape index (κ3) is 5.31. The highest BCUT2D eigenvalue weighted by atomic mass is 32.2. The number of hydrogen-bond donors (Lipinski definition) is 1. The van der Waals surface area contributed by atoms with Gasteiger partial charge in [-0.05, 0) is 55.5 Å². The first kappa shape index (κ1) is 22.8. The largest absolute Gasteiger partial charge is 0.497 e. The van der Waals surface area contributed by atoms with Crippen LogP contribution in [0.1, 0.15) is 30.0 Å². The van der Waals surface area contributed by atoms with Crippen molar-refractivity contribution < 1.29 is 17.9 Å². The van der Waals surface area contributed by atoms with Gasteiger partial charge in [-0.2, -0.15) is 4.31 Å². The Hall–Kier alpha value is -2.42. The molecule has 172 valence electrons. The van der Waals surface area contributed by atoms with E-state index in [2.05, 4.69) is 36.5 Å². The molecule has 0 radical (unpaired) electrons. The summed E-state index contributed by atoms with van der Waals surface area (Å²) in [5.74, 6) is 1.12. The number of amides is 1. The molecule has 2 aromatic rings. The van der Waals surface area contributed by atoms with Gasteiger partial charge < -0.3 is 10.1 Å². The van der Waals surface area contributed by atoms with Crippen molar-refractivity contribution in [1.82, 2.24) is 14.5 Å². The van der Waals surface area contributed by atoms with Crippen molar-refractivity contribution in [3.63, 3.8) is 0 Å². The van der Waals surface area contributed by atoms with E-state index in [1.165, 1.54) is 9.87 Å². The number of rotatable bonds is 8.